The van der Waals surface area contributed by atoms with Crippen molar-refractivity contribution >= 4 is 0 Å². The number of halogens is 1. The minimum absolute atomic E-state index is 0.0295. The van der Waals surface area contributed by atoms with Crippen LogP contribution in [0, 0.1) is 5.82 Å². The summed E-state index contributed by atoms with van der Waals surface area (Å²) >= 11 is 0. The highest BCUT2D eigenvalue weighted by Crippen LogP contribution is 2.16. The molecule has 0 heterocycles. The molecule has 15 heavy (non-hydrogen) atoms. The lowest BCUT2D eigenvalue weighted by Crippen LogP contribution is -2.31. The van der Waals surface area contributed by atoms with E-state index in [0.717, 1.165) is 12.0 Å². The third-order valence-corrected chi connectivity index (χ3v) is 2.32. The molecule has 0 aliphatic rings. The lowest BCUT2D eigenvalue weighted by Gasteiger charge is -2.13. The molecule has 0 aliphatic heterocycles. The largest absolute Gasteiger partial charge is 0.505 e. The van der Waals surface area contributed by atoms with Gasteiger partial charge in [0, 0.05) is 12.6 Å². The van der Waals surface area contributed by atoms with Gasteiger partial charge in [-0.1, -0.05) is 13.0 Å². The van der Waals surface area contributed by atoms with Crippen molar-refractivity contribution < 1.29 is 14.6 Å². The average Bonchev–Trinajstić information content (AvgIpc) is 2.24. The van der Waals surface area contributed by atoms with Crippen LogP contribution in [0.3, 0.4) is 0 Å². The van der Waals surface area contributed by atoms with Crippen LogP contribution >= 0.6 is 0 Å². The van der Waals surface area contributed by atoms with E-state index in [2.05, 4.69) is 5.32 Å². The number of rotatable bonds is 5. The number of hydrogen-bond acceptors (Lipinski definition) is 3. The van der Waals surface area contributed by atoms with Crippen molar-refractivity contribution in [1.82, 2.24) is 5.32 Å². The molecule has 1 aromatic carbocycles. The fraction of sp³-hybridized carbons (Fsp3) is 0.455. The van der Waals surface area contributed by atoms with E-state index in [0.29, 0.717) is 6.54 Å². The Kier molecular flexibility index (Phi) is 4.52. The Morgan fingerprint density at radius 1 is 1.47 bits per heavy atom. The maximum atomic E-state index is 12.9. The number of nitrogens with one attached hydrogen (secondary N) is 1. The standard InChI is InChI=1S/C11H16FNO2/c1-2-9(7-14)13-6-8-3-4-11(15)10(12)5-8/h3-5,9,13-15H,2,6-7H2,1H3/t9-/m1/s1. The van der Waals surface area contributed by atoms with Gasteiger partial charge in [0.1, 0.15) is 0 Å². The molecule has 1 aromatic rings. The van der Waals surface area contributed by atoms with Crippen LogP contribution in [-0.4, -0.2) is 22.9 Å². The van der Waals surface area contributed by atoms with E-state index in [-0.39, 0.29) is 18.4 Å². The Labute approximate surface area is 88.6 Å². The number of aliphatic hydroxyl groups is 1. The number of benzene rings is 1. The molecule has 4 heteroatoms. The van der Waals surface area contributed by atoms with Crippen LogP contribution in [0.1, 0.15) is 18.9 Å². The molecule has 0 saturated carbocycles. The van der Waals surface area contributed by atoms with Gasteiger partial charge in [-0.25, -0.2) is 4.39 Å². The van der Waals surface area contributed by atoms with Gasteiger partial charge in [0.25, 0.3) is 0 Å². The van der Waals surface area contributed by atoms with Gasteiger partial charge in [-0.2, -0.15) is 0 Å². The molecule has 0 saturated heterocycles. The first kappa shape index (κ1) is 11.9. The molecule has 0 amide bonds. The van der Waals surface area contributed by atoms with Gasteiger partial charge in [0.2, 0.25) is 0 Å². The first-order valence-corrected chi connectivity index (χ1v) is 4.99. The minimum atomic E-state index is -0.619. The molecule has 1 atom stereocenters. The molecule has 3 nitrogen and oxygen atoms in total. The van der Waals surface area contributed by atoms with E-state index in [1.165, 1.54) is 12.1 Å². The molecule has 1 rings (SSSR count). The lowest BCUT2D eigenvalue weighted by atomic mass is 10.2. The second kappa shape index (κ2) is 5.68. The van der Waals surface area contributed by atoms with Crippen LogP contribution in [-0.2, 0) is 6.54 Å². The van der Waals surface area contributed by atoms with Crippen molar-refractivity contribution in [2.24, 2.45) is 0 Å². The van der Waals surface area contributed by atoms with Crippen LogP contribution < -0.4 is 5.32 Å². The highest BCUT2D eigenvalue weighted by molar-refractivity contribution is 5.27. The Balaban J connectivity index is 2.54. The van der Waals surface area contributed by atoms with Gasteiger partial charge in [-0.15, -0.1) is 0 Å². The van der Waals surface area contributed by atoms with Crippen molar-refractivity contribution in [3.63, 3.8) is 0 Å². The predicted octanol–water partition coefficient (Wildman–Crippen LogP) is 1.39. The Morgan fingerprint density at radius 3 is 2.73 bits per heavy atom. The Bertz CT molecular complexity index is 313. The van der Waals surface area contributed by atoms with Crippen LogP contribution in [0.2, 0.25) is 0 Å². The number of aromatic hydroxyl groups is 1. The van der Waals surface area contributed by atoms with Crippen molar-refractivity contribution in [3.05, 3.63) is 29.6 Å². The number of phenols is 1. The van der Waals surface area contributed by atoms with E-state index < -0.39 is 5.82 Å². The molecule has 0 fully saturated rings. The first-order chi connectivity index (χ1) is 7.17. The molecule has 0 unspecified atom stereocenters. The van der Waals surface area contributed by atoms with E-state index in [1.807, 2.05) is 6.92 Å². The summed E-state index contributed by atoms with van der Waals surface area (Å²) in [5.74, 6) is -0.959. The predicted molar refractivity (Wildman–Crippen MR) is 56.1 cm³/mol. The summed E-state index contributed by atoms with van der Waals surface area (Å²) in [5, 5.41) is 21.0. The highest BCUT2D eigenvalue weighted by atomic mass is 19.1. The zero-order valence-corrected chi connectivity index (χ0v) is 8.70. The topological polar surface area (TPSA) is 52.5 Å². The fourth-order valence-electron chi connectivity index (χ4n) is 1.26. The van der Waals surface area contributed by atoms with E-state index >= 15 is 0 Å². The molecule has 3 N–H and O–H groups in total. The molecule has 0 bridgehead atoms. The summed E-state index contributed by atoms with van der Waals surface area (Å²) in [6, 6.07) is 4.29. The second-order valence-electron chi connectivity index (χ2n) is 3.45. The molecule has 0 aliphatic carbocycles. The highest BCUT2D eigenvalue weighted by Gasteiger charge is 2.05. The summed E-state index contributed by atoms with van der Waals surface area (Å²) in [4.78, 5) is 0. The van der Waals surface area contributed by atoms with E-state index in [1.54, 1.807) is 6.07 Å². The monoisotopic (exact) mass is 213 g/mol. The summed E-state index contributed by atoms with van der Waals surface area (Å²) in [6.45, 7) is 2.51. The Hall–Kier alpha value is -1.13. The molecule has 0 radical (unpaired) electrons. The van der Waals surface area contributed by atoms with Crippen molar-refractivity contribution in [3.8, 4) is 5.75 Å². The first-order valence-electron chi connectivity index (χ1n) is 4.99. The molecule has 0 spiro atoms. The zero-order valence-electron chi connectivity index (χ0n) is 8.70. The van der Waals surface area contributed by atoms with Crippen molar-refractivity contribution in [1.29, 1.82) is 0 Å². The van der Waals surface area contributed by atoms with Crippen molar-refractivity contribution in [2.75, 3.05) is 6.61 Å². The maximum Gasteiger partial charge on any atom is 0.165 e. The number of hydrogen-bond donors (Lipinski definition) is 3. The molecular formula is C11H16FNO2. The van der Waals surface area contributed by atoms with E-state index in [4.69, 9.17) is 10.2 Å². The fourth-order valence-corrected chi connectivity index (χ4v) is 1.26. The van der Waals surface area contributed by atoms with Crippen LogP contribution in [0.15, 0.2) is 18.2 Å². The zero-order chi connectivity index (χ0) is 11.3. The van der Waals surface area contributed by atoms with Crippen LogP contribution in [0.5, 0.6) is 5.75 Å². The third-order valence-electron chi connectivity index (χ3n) is 2.32. The molecule has 84 valence electrons. The van der Waals surface area contributed by atoms with Gasteiger partial charge >= 0.3 is 0 Å². The van der Waals surface area contributed by atoms with Gasteiger partial charge in [-0.3, -0.25) is 0 Å². The van der Waals surface area contributed by atoms with Gasteiger partial charge in [-0.05, 0) is 24.1 Å². The van der Waals surface area contributed by atoms with Crippen LogP contribution in [0.4, 0.5) is 4.39 Å². The summed E-state index contributed by atoms with van der Waals surface area (Å²) in [7, 11) is 0. The second-order valence-corrected chi connectivity index (χ2v) is 3.45. The van der Waals surface area contributed by atoms with Gasteiger partial charge in [0.15, 0.2) is 11.6 Å². The number of phenolic OH excluding ortho intramolecular Hbond substituents is 1. The summed E-state index contributed by atoms with van der Waals surface area (Å²) in [6.07, 6.45) is 0.817. The van der Waals surface area contributed by atoms with Gasteiger partial charge < -0.3 is 15.5 Å². The van der Waals surface area contributed by atoms with Crippen molar-refractivity contribution in [2.45, 2.75) is 25.9 Å². The summed E-state index contributed by atoms with van der Waals surface area (Å²) < 4.78 is 12.9. The molecular weight excluding hydrogens is 197 g/mol. The lowest BCUT2D eigenvalue weighted by molar-refractivity contribution is 0.238. The quantitative estimate of drug-likeness (QED) is 0.692. The smallest absolute Gasteiger partial charge is 0.165 e. The SMILES string of the molecule is CC[C@H](CO)NCc1ccc(O)c(F)c1. The normalized spacial score (nSPS) is 12.7. The summed E-state index contributed by atoms with van der Waals surface area (Å²) in [5.41, 5.74) is 0.747. The third kappa shape index (κ3) is 3.49. The molecule has 0 aromatic heterocycles. The average molecular weight is 213 g/mol. The van der Waals surface area contributed by atoms with Gasteiger partial charge in [0.05, 0.1) is 6.61 Å². The Morgan fingerprint density at radius 2 is 2.20 bits per heavy atom. The minimum Gasteiger partial charge on any atom is -0.505 e. The van der Waals surface area contributed by atoms with Crippen LogP contribution in [0.25, 0.3) is 0 Å². The van der Waals surface area contributed by atoms with E-state index in [9.17, 15) is 4.39 Å². The maximum absolute atomic E-state index is 12.9. The number of aliphatic hydroxyl groups excluding tert-OH is 1.